The van der Waals surface area contributed by atoms with Gasteiger partial charge in [0.15, 0.2) is 5.70 Å². The van der Waals surface area contributed by atoms with Crippen LogP contribution in [0.15, 0.2) is 53.2 Å². The van der Waals surface area contributed by atoms with Gasteiger partial charge in [-0.25, -0.2) is 9.79 Å². The lowest BCUT2D eigenvalue weighted by atomic mass is 10.2. The normalized spacial score (nSPS) is 16.0. The monoisotopic (exact) mass is 298 g/mol. The van der Waals surface area contributed by atoms with Crippen LogP contribution < -0.4 is 4.90 Å². The molecule has 1 aromatic heterocycles. The molecule has 4 nitrogen and oxygen atoms in total. The summed E-state index contributed by atoms with van der Waals surface area (Å²) in [5, 5.41) is 1.13. The predicted octanol–water partition coefficient (Wildman–Crippen LogP) is 3.16. The van der Waals surface area contributed by atoms with Crippen molar-refractivity contribution in [3.8, 4) is 0 Å². The summed E-state index contributed by atoms with van der Waals surface area (Å²) in [6.45, 7) is 0. The fourth-order valence-corrected chi connectivity index (χ4v) is 2.78. The molecule has 1 aliphatic heterocycles. The Bertz CT molecular complexity index is 730. The molecule has 0 saturated heterocycles. The molecule has 0 unspecified atom stereocenters. The number of ether oxygens (including phenoxy) is 1. The van der Waals surface area contributed by atoms with Crippen molar-refractivity contribution in [2.75, 3.05) is 19.0 Å². The number of aliphatic imine (C=N–C) groups is 1. The molecule has 0 radical (unpaired) electrons. The number of benzene rings is 1. The molecule has 0 fully saturated rings. The van der Waals surface area contributed by atoms with Crippen LogP contribution in [0.4, 0.5) is 5.00 Å². The molecule has 106 valence electrons. The third kappa shape index (κ3) is 2.87. The van der Waals surface area contributed by atoms with Crippen LogP contribution in [-0.4, -0.2) is 26.0 Å². The quantitative estimate of drug-likeness (QED) is 0.645. The summed E-state index contributed by atoms with van der Waals surface area (Å²) in [5.41, 5.74) is 1.13. The zero-order valence-electron chi connectivity index (χ0n) is 11.7. The minimum absolute atomic E-state index is 0.334. The topological polar surface area (TPSA) is 41.9 Å². The van der Waals surface area contributed by atoms with Gasteiger partial charge in [0.05, 0.1) is 5.00 Å². The number of esters is 1. The average molecular weight is 298 g/mol. The average Bonchev–Trinajstić information content (AvgIpc) is 3.08. The summed E-state index contributed by atoms with van der Waals surface area (Å²) in [6.07, 6.45) is 1.76. The molecule has 0 saturated carbocycles. The van der Waals surface area contributed by atoms with Crippen molar-refractivity contribution < 1.29 is 9.53 Å². The van der Waals surface area contributed by atoms with Crippen LogP contribution in [-0.2, 0) is 9.53 Å². The van der Waals surface area contributed by atoms with Crippen molar-refractivity contribution in [1.82, 2.24) is 0 Å². The van der Waals surface area contributed by atoms with Gasteiger partial charge in [0.2, 0.25) is 5.90 Å². The van der Waals surface area contributed by atoms with E-state index < -0.39 is 5.97 Å². The third-order valence-electron chi connectivity index (χ3n) is 2.97. The molecule has 1 aliphatic rings. The molecule has 3 rings (SSSR count). The Balaban J connectivity index is 1.89. The van der Waals surface area contributed by atoms with E-state index in [-0.39, 0.29) is 0 Å². The molecule has 0 spiro atoms. The Morgan fingerprint density at radius 2 is 1.90 bits per heavy atom. The third-order valence-corrected chi connectivity index (χ3v) is 4.17. The molecule has 5 heteroatoms. The highest BCUT2D eigenvalue weighted by Crippen LogP contribution is 2.27. The molecule has 2 aromatic rings. The first-order valence-electron chi connectivity index (χ1n) is 6.48. The van der Waals surface area contributed by atoms with E-state index in [1.807, 2.05) is 61.5 Å². The van der Waals surface area contributed by atoms with E-state index in [9.17, 15) is 4.79 Å². The van der Waals surface area contributed by atoms with Gasteiger partial charge < -0.3 is 9.64 Å². The van der Waals surface area contributed by atoms with E-state index in [0.29, 0.717) is 11.6 Å². The SMILES string of the molecule is CN(C)c1ccc(C=C2N=C(c3ccccc3)OC2=O)s1. The van der Waals surface area contributed by atoms with E-state index in [2.05, 4.69) is 4.99 Å². The van der Waals surface area contributed by atoms with Crippen molar-refractivity contribution >= 4 is 34.3 Å². The molecular formula is C16H14N2O2S. The Labute approximate surface area is 127 Å². The molecule has 0 aliphatic carbocycles. The predicted molar refractivity (Wildman–Crippen MR) is 85.7 cm³/mol. The van der Waals surface area contributed by atoms with Crippen LogP contribution in [0.1, 0.15) is 10.4 Å². The highest BCUT2D eigenvalue weighted by Gasteiger charge is 2.24. The summed E-state index contributed by atoms with van der Waals surface area (Å²) < 4.78 is 5.22. The van der Waals surface area contributed by atoms with E-state index in [4.69, 9.17) is 4.74 Å². The lowest BCUT2D eigenvalue weighted by molar-refractivity contribution is -0.129. The minimum atomic E-state index is -0.409. The molecule has 0 bridgehead atoms. The van der Waals surface area contributed by atoms with Crippen LogP contribution >= 0.6 is 11.3 Å². The van der Waals surface area contributed by atoms with Crippen LogP contribution in [0.5, 0.6) is 0 Å². The summed E-state index contributed by atoms with van der Waals surface area (Å²) in [6, 6.07) is 13.4. The van der Waals surface area contributed by atoms with Crippen LogP contribution in [0, 0.1) is 0 Å². The van der Waals surface area contributed by atoms with Crippen LogP contribution in [0.25, 0.3) is 6.08 Å². The van der Waals surface area contributed by atoms with Crippen LogP contribution in [0.3, 0.4) is 0 Å². The van der Waals surface area contributed by atoms with Gasteiger partial charge in [-0.05, 0) is 30.3 Å². The molecule has 0 amide bonds. The molecule has 21 heavy (non-hydrogen) atoms. The Morgan fingerprint density at radius 1 is 1.14 bits per heavy atom. The molecule has 2 heterocycles. The Kier molecular flexibility index (Phi) is 3.58. The van der Waals surface area contributed by atoms with E-state index in [0.717, 1.165) is 15.4 Å². The van der Waals surface area contributed by atoms with Gasteiger partial charge in [0.1, 0.15) is 0 Å². The van der Waals surface area contributed by atoms with Crippen molar-refractivity contribution in [3.63, 3.8) is 0 Å². The second-order valence-electron chi connectivity index (χ2n) is 4.77. The Morgan fingerprint density at radius 3 is 2.57 bits per heavy atom. The minimum Gasteiger partial charge on any atom is -0.402 e. The smallest absolute Gasteiger partial charge is 0.363 e. The summed E-state index contributed by atoms with van der Waals surface area (Å²) in [5.74, 6) is -0.0510. The number of hydrogen-bond donors (Lipinski definition) is 0. The van der Waals surface area contributed by atoms with Crippen molar-refractivity contribution in [2.45, 2.75) is 0 Å². The van der Waals surface area contributed by atoms with Gasteiger partial charge >= 0.3 is 5.97 Å². The highest BCUT2D eigenvalue weighted by atomic mass is 32.1. The van der Waals surface area contributed by atoms with Crippen molar-refractivity contribution in [1.29, 1.82) is 0 Å². The first kappa shape index (κ1) is 13.6. The largest absolute Gasteiger partial charge is 0.402 e. The number of thiophene rings is 1. The van der Waals surface area contributed by atoms with E-state index >= 15 is 0 Å². The number of hydrogen-bond acceptors (Lipinski definition) is 5. The second kappa shape index (κ2) is 5.54. The number of carbonyl (C=O) groups is 1. The number of nitrogens with zero attached hydrogens (tertiary/aromatic N) is 2. The fourth-order valence-electron chi connectivity index (χ4n) is 1.91. The number of anilines is 1. The van der Waals surface area contributed by atoms with Gasteiger partial charge in [0, 0.05) is 24.5 Å². The fraction of sp³-hybridized carbons (Fsp3) is 0.125. The van der Waals surface area contributed by atoms with Gasteiger partial charge in [0.25, 0.3) is 0 Å². The summed E-state index contributed by atoms with van der Waals surface area (Å²) in [7, 11) is 3.97. The molecule has 1 aromatic carbocycles. The zero-order chi connectivity index (χ0) is 14.8. The standard InChI is InChI=1S/C16H14N2O2S/c1-18(2)14-9-8-12(21-14)10-13-16(19)20-15(17-13)11-6-4-3-5-7-11/h3-10H,1-2H3. The first-order chi connectivity index (χ1) is 10.1. The maximum absolute atomic E-state index is 11.9. The Hall–Kier alpha value is -2.40. The summed E-state index contributed by atoms with van der Waals surface area (Å²) >= 11 is 1.60. The highest BCUT2D eigenvalue weighted by molar-refractivity contribution is 7.16. The lowest BCUT2D eigenvalue weighted by Gasteiger charge is -2.06. The van der Waals surface area contributed by atoms with E-state index in [1.165, 1.54) is 0 Å². The number of rotatable bonds is 3. The lowest BCUT2D eigenvalue weighted by Crippen LogP contribution is -2.05. The van der Waals surface area contributed by atoms with Gasteiger partial charge in [-0.3, -0.25) is 0 Å². The maximum Gasteiger partial charge on any atom is 0.363 e. The molecule has 0 N–H and O–H groups in total. The van der Waals surface area contributed by atoms with Crippen molar-refractivity contribution in [2.24, 2.45) is 4.99 Å². The molecular weight excluding hydrogens is 284 g/mol. The molecule has 0 atom stereocenters. The zero-order valence-corrected chi connectivity index (χ0v) is 12.6. The first-order valence-corrected chi connectivity index (χ1v) is 7.30. The van der Waals surface area contributed by atoms with Gasteiger partial charge in [-0.2, -0.15) is 0 Å². The number of cyclic esters (lactones) is 1. The maximum atomic E-state index is 11.9. The number of carbonyl (C=O) groups excluding carboxylic acids is 1. The van der Waals surface area contributed by atoms with E-state index in [1.54, 1.807) is 17.4 Å². The van der Waals surface area contributed by atoms with Gasteiger partial charge in [-0.15, -0.1) is 11.3 Å². The van der Waals surface area contributed by atoms with Crippen molar-refractivity contribution in [3.05, 3.63) is 58.6 Å². The van der Waals surface area contributed by atoms with Gasteiger partial charge in [-0.1, -0.05) is 18.2 Å². The summed E-state index contributed by atoms with van der Waals surface area (Å²) in [4.78, 5) is 19.2. The van der Waals surface area contributed by atoms with Crippen LogP contribution in [0.2, 0.25) is 0 Å². The second-order valence-corrected chi connectivity index (χ2v) is 5.87.